The van der Waals surface area contributed by atoms with Crippen LogP contribution in [0, 0.1) is 0 Å². The first-order valence-electron chi connectivity index (χ1n) is 9.10. The van der Waals surface area contributed by atoms with Crippen molar-refractivity contribution in [3.05, 3.63) is 29.8 Å². The molecule has 0 saturated heterocycles. The second-order valence-corrected chi connectivity index (χ2v) is 8.13. The van der Waals surface area contributed by atoms with Gasteiger partial charge in [0.2, 0.25) is 0 Å². The minimum absolute atomic E-state index is 0. The van der Waals surface area contributed by atoms with Crippen LogP contribution in [0.4, 0.5) is 0 Å². The molecular weight excluding hydrogens is 445 g/mol. The fraction of sp³-hybridized carbons (Fsp3) is 0.632. The standard InChI is InChI=1S/C19H29N3OS.HI/c1-3-24-16-9-8-15(12-16)22-19(20-2)21-13-14-10-11-23-18-7-5-4-6-17(14)18;/h4-7,14-16H,3,8-13H2,1-2H3,(H2,20,21,22);1H. The Labute approximate surface area is 173 Å². The number of hydrogen-bond acceptors (Lipinski definition) is 3. The molecule has 0 amide bonds. The topological polar surface area (TPSA) is 45.7 Å². The number of aliphatic imine (C=N–C) groups is 1. The van der Waals surface area contributed by atoms with Crippen LogP contribution in [0.5, 0.6) is 5.75 Å². The molecule has 2 aliphatic rings. The first-order valence-corrected chi connectivity index (χ1v) is 10.2. The molecule has 4 nitrogen and oxygen atoms in total. The lowest BCUT2D eigenvalue weighted by Gasteiger charge is -2.27. The summed E-state index contributed by atoms with van der Waals surface area (Å²) in [7, 11) is 1.86. The number of fused-ring (bicyclic) bond motifs is 1. The Morgan fingerprint density at radius 2 is 2.12 bits per heavy atom. The largest absolute Gasteiger partial charge is 0.493 e. The number of hydrogen-bond donors (Lipinski definition) is 2. The Morgan fingerprint density at radius 3 is 2.92 bits per heavy atom. The van der Waals surface area contributed by atoms with Gasteiger partial charge in [-0.15, -0.1) is 24.0 Å². The Morgan fingerprint density at radius 1 is 1.28 bits per heavy atom. The van der Waals surface area contributed by atoms with Crippen LogP contribution in [0.2, 0.25) is 0 Å². The molecule has 1 aliphatic heterocycles. The van der Waals surface area contributed by atoms with Gasteiger partial charge in [0.15, 0.2) is 5.96 Å². The smallest absolute Gasteiger partial charge is 0.191 e. The summed E-state index contributed by atoms with van der Waals surface area (Å²) in [4.78, 5) is 4.42. The molecule has 25 heavy (non-hydrogen) atoms. The molecule has 0 radical (unpaired) electrons. The number of nitrogens with one attached hydrogen (secondary N) is 2. The molecule has 0 bridgehead atoms. The number of thioether (sulfide) groups is 1. The second kappa shape index (κ2) is 10.5. The SMILES string of the molecule is CCSC1CCC(NC(=NC)NCC2CCOc3ccccc32)C1.I. The third-order valence-corrected chi connectivity index (χ3v) is 6.18. The first-order chi connectivity index (χ1) is 11.8. The van der Waals surface area contributed by atoms with E-state index in [-0.39, 0.29) is 24.0 Å². The van der Waals surface area contributed by atoms with Crippen molar-refractivity contribution in [2.24, 2.45) is 4.99 Å². The average Bonchev–Trinajstić information content (AvgIpc) is 3.06. The summed E-state index contributed by atoms with van der Waals surface area (Å²) < 4.78 is 5.75. The van der Waals surface area contributed by atoms with Crippen LogP contribution in [0.3, 0.4) is 0 Å². The van der Waals surface area contributed by atoms with Crippen LogP contribution >= 0.6 is 35.7 Å². The minimum Gasteiger partial charge on any atom is -0.493 e. The number of guanidine groups is 1. The van der Waals surface area contributed by atoms with Gasteiger partial charge in [-0.1, -0.05) is 25.1 Å². The van der Waals surface area contributed by atoms with Crippen LogP contribution < -0.4 is 15.4 Å². The number of benzene rings is 1. The highest BCUT2D eigenvalue weighted by atomic mass is 127. The summed E-state index contributed by atoms with van der Waals surface area (Å²) in [6.45, 7) is 3.95. The molecule has 6 heteroatoms. The molecule has 0 aromatic heterocycles. The summed E-state index contributed by atoms with van der Waals surface area (Å²) in [6.07, 6.45) is 4.87. The van der Waals surface area contributed by atoms with Gasteiger partial charge >= 0.3 is 0 Å². The fourth-order valence-electron chi connectivity index (χ4n) is 3.69. The molecule has 1 fully saturated rings. The lowest BCUT2D eigenvalue weighted by atomic mass is 9.93. The lowest BCUT2D eigenvalue weighted by molar-refractivity contribution is 0.267. The first kappa shape index (κ1) is 20.7. The van der Waals surface area contributed by atoms with Gasteiger partial charge in [-0.3, -0.25) is 4.99 Å². The summed E-state index contributed by atoms with van der Waals surface area (Å²) >= 11 is 2.09. The zero-order valence-corrected chi connectivity index (χ0v) is 18.3. The Hall–Kier alpha value is -0.630. The van der Waals surface area contributed by atoms with Crippen molar-refractivity contribution < 1.29 is 4.74 Å². The van der Waals surface area contributed by atoms with E-state index in [0.29, 0.717) is 12.0 Å². The maximum atomic E-state index is 5.75. The molecule has 1 saturated carbocycles. The lowest BCUT2D eigenvalue weighted by Crippen LogP contribution is -2.44. The van der Waals surface area contributed by atoms with Crippen molar-refractivity contribution in [2.75, 3.05) is 26.0 Å². The van der Waals surface area contributed by atoms with E-state index in [4.69, 9.17) is 4.74 Å². The molecule has 1 aliphatic carbocycles. The van der Waals surface area contributed by atoms with Crippen LogP contribution in [0.1, 0.15) is 44.1 Å². The van der Waals surface area contributed by atoms with E-state index >= 15 is 0 Å². The van der Waals surface area contributed by atoms with Gasteiger partial charge in [-0.25, -0.2) is 0 Å². The highest BCUT2D eigenvalue weighted by Gasteiger charge is 2.26. The normalized spacial score (nSPS) is 25.5. The van der Waals surface area contributed by atoms with Crippen LogP contribution in [-0.2, 0) is 0 Å². The van der Waals surface area contributed by atoms with Crippen molar-refractivity contribution in [1.82, 2.24) is 10.6 Å². The van der Waals surface area contributed by atoms with E-state index < -0.39 is 0 Å². The van der Waals surface area contributed by atoms with Gasteiger partial charge in [0, 0.05) is 30.8 Å². The van der Waals surface area contributed by atoms with E-state index in [0.717, 1.165) is 36.5 Å². The van der Waals surface area contributed by atoms with E-state index in [1.807, 2.05) is 13.1 Å². The molecule has 3 rings (SSSR count). The second-order valence-electron chi connectivity index (χ2n) is 6.56. The maximum absolute atomic E-state index is 5.75. The summed E-state index contributed by atoms with van der Waals surface area (Å²) in [6, 6.07) is 8.94. The molecule has 1 aromatic carbocycles. The van der Waals surface area contributed by atoms with E-state index in [1.165, 1.54) is 30.6 Å². The number of para-hydroxylation sites is 1. The summed E-state index contributed by atoms with van der Waals surface area (Å²) in [5.41, 5.74) is 1.31. The number of halogens is 1. The quantitative estimate of drug-likeness (QED) is 0.384. The zero-order valence-electron chi connectivity index (χ0n) is 15.2. The number of ether oxygens (including phenoxy) is 1. The Balaban J connectivity index is 0.00000225. The van der Waals surface area contributed by atoms with E-state index in [1.54, 1.807) is 0 Å². The molecule has 2 N–H and O–H groups in total. The molecule has 0 spiro atoms. The number of rotatable bonds is 5. The van der Waals surface area contributed by atoms with Gasteiger partial charge < -0.3 is 15.4 Å². The zero-order chi connectivity index (χ0) is 16.8. The van der Waals surface area contributed by atoms with Crippen molar-refractivity contribution in [1.29, 1.82) is 0 Å². The van der Waals surface area contributed by atoms with Gasteiger partial charge in [-0.05, 0) is 43.1 Å². The van der Waals surface area contributed by atoms with Gasteiger partial charge in [-0.2, -0.15) is 11.8 Å². The minimum atomic E-state index is 0. The third-order valence-electron chi connectivity index (χ3n) is 4.95. The molecule has 3 unspecified atom stereocenters. The molecular formula is C19H30IN3OS. The van der Waals surface area contributed by atoms with Crippen molar-refractivity contribution in [3.8, 4) is 5.75 Å². The Kier molecular flexibility index (Phi) is 8.69. The van der Waals surface area contributed by atoms with Crippen molar-refractivity contribution in [3.63, 3.8) is 0 Å². The van der Waals surface area contributed by atoms with Gasteiger partial charge in [0.1, 0.15) is 5.75 Å². The Bertz CT molecular complexity index is 569. The predicted molar refractivity (Wildman–Crippen MR) is 119 cm³/mol. The highest BCUT2D eigenvalue weighted by molar-refractivity contribution is 14.0. The fourth-order valence-corrected chi connectivity index (χ4v) is 4.84. The van der Waals surface area contributed by atoms with Crippen molar-refractivity contribution >= 4 is 41.7 Å². The summed E-state index contributed by atoms with van der Waals surface area (Å²) in [5.74, 6) is 3.67. The maximum Gasteiger partial charge on any atom is 0.191 e. The van der Waals surface area contributed by atoms with Crippen LogP contribution in [0.15, 0.2) is 29.3 Å². The highest BCUT2D eigenvalue weighted by Crippen LogP contribution is 2.33. The van der Waals surface area contributed by atoms with Gasteiger partial charge in [0.25, 0.3) is 0 Å². The number of nitrogens with zero attached hydrogens (tertiary/aromatic N) is 1. The molecule has 1 heterocycles. The van der Waals surface area contributed by atoms with Crippen molar-refractivity contribution in [2.45, 2.75) is 49.8 Å². The van der Waals surface area contributed by atoms with E-state index in [2.05, 4.69) is 52.5 Å². The third kappa shape index (κ3) is 5.67. The van der Waals surface area contributed by atoms with Crippen LogP contribution in [-0.4, -0.2) is 43.2 Å². The van der Waals surface area contributed by atoms with Gasteiger partial charge in [0.05, 0.1) is 6.61 Å². The van der Waals surface area contributed by atoms with E-state index in [9.17, 15) is 0 Å². The summed E-state index contributed by atoms with van der Waals surface area (Å²) in [5, 5.41) is 7.96. The van der Waals surface area contributed by atoms with Crippen LogP contribution in [0.25, 0.3) is 0 Å². The molecule has 3 atom stereocenters. The monoisotopic (exact) mass is 475 g/mol. The average molecular weight is 475 g/mol. The predicted octanol–water partition coefficient (Wildman–Crippen LogP) is 4.01. The molecule has 140 valence electrons. The molecule has 1 aromatic rings.